The Balaban J connectivity index is 2.10. The third-order valence-electron chi connectivity index (χ3n) is 2.90. The van der Waals surface area contributed by atoms with Gasteiger partial charge in [-0.25, -0.2) is 4.98 Å². The second-order valence-corrected chi connectivity index (χ2v) is 4.48. The van der Waals surface area contributed by atoms with Gasteiger partial charge >= 0.3 is 11.9 Å². The maximum absolute atomic E-state index is 11.2. The summed E-state index contributed by atoms with van der Waals surface area (Å²) in [6.45, 7) is 1.33. The Hall–Kier alpha value is -2.88. The van der Waals surface area contributed by atoms with E-state index < -0.39 is 5.97 Å². The number of carbonyl (C=O) groups is 1. The van der Waals surface area contributed by atoms with Crippen molar-refractivity contribution in [2.45, 2.75) is 6.92 Å². The summed E-state index contributed by atoms with van der Waals surface area (Å²) in [7, 11) is 0. The first kappa shape index (κ1) is 13.1. The minimum atomic E-state index is -0.442. The van der Waals surface area contributed by atoms with E-state index in [9.17, 15) is 4.79 Å². The number of aromatic nitrogens is 1. The molecular weight excluding hydrogens is 266 g/mol. The number of carbonyl (C=O) groups excluding carboxylic acids is 1. The van der Waals surface area contributed by atoms with Gasteiger partial charge in [0.05, 0.1) is 0 Å². The zero-order valence-electron chi connectivity index (χ0n) is 11.4. The fourth-order valence-corrected chi connectivity index (χ4v) is 1.99. The van der Waals surface area contributed by atoms with Crippen molar-refractivity contribution in [2.75, 3.05) is 0 Å². The van der Waals surface area contributed by atoms with Crippen LogP contribution in [0.1, 0.15) is 6.92 Å². The zero-order chi connectivity index (χ0) is 14.7. The van der Waals surface area contributed by atoms with E-state index in [2.05, 4.69) is 4.98 Å². The summed E-state index contributed by atoms with van der Waals surface area (Å²) in [5, 5.41) is 0. The number of hydrogen-bond acceptors (Lipinski definition) is 4. The van der Waals surface area contributed by atoms with Crippen molar-refractivity contribution in [3.05, 3.63) is 60.7 Å². The van der Waals surface area contributed by atoms with Gasteiger partial charge in [0.25, 0.3) is 0 Å². The molecule has 0 radical (unpaired) electrons. The van der Waals surface area contributed by atoms with Crippen LogP contribution >= 0.6 is 0 Å². The zero-order valence-corrected chi connectivity index (χ0v) is 11.4. The van der Waals surface area contributed by atoms with Crippen molar-refractivity contribution < 1.29 is 13.9 Å². The average Bonchev–Trinajstić information content (AvgIpc) is 2.92. The first-order valence-electron chi connectivity index (χ1n) is 6.54. The molecule has 0 spiro atoms. The lowest BCUT2D eigenvalue weighted by Gasteiger charge is -1.99. The number of oxazole rings is 1. The van der Waals surface area contributed by atoms with Crippen LogP contribution in [0.15, 0.2) is 65.1 Å². The van der Waals surface area contributed by atoms with Crippen LogP contribution in [0.3, 0.4) is 0 Å². The van der Waals surface area contributed by atoms with Gasteiger partial charge in [0.2, 0.25) is 5.89 Å². The third kappa shape index (κ3) is 2.84. The Labute approximate surface area is 122 Å². The smallest absolute Gasteiger partial charge is 0.321 e. The highest BCUT2D eigenvalue weighted by atomic mass is 16.6. The van der Waals surface area contributed by atoms with Crippen molar-refractivity contribution in [1.29, 1.82) is 0 Å². The molecule has 0 aliphatic carbocycles. The molecular formula is C17H13NO3. The summed E-state index contributed by atoms with van der Waals surface area (Å²) in [5.41, 5.74) is 2.18. The van der Waals surface area contributed by atoms with E-state index in [0.717, 1.165) is 11.1 Å². The molecule has 0 atom stereocenters. The maximum atomic E-state index is 11.2. The van der Waals surface area contributed by atoms with Crippen LogP contribution in [-0.2, 0) is 4.79 Å². The molecule has 4 nitrogen and oxygen atoms in total. The van der Waals surface area contributed by atoms with Gasteiger partial charge < -0.3 is 9.15 Å². The maximum Gasteiger partial charge on any atom is 0.321 e. The molecule has 0 unspecified atom stereocenters. The van der Waals surface area contributed by atoms with E-state index in [0.29, 0.717) is 11.6 Å². The van der Waals surface area contributed by atoms with E-state index >= 15 is 0 Å². The fourth-order valence-electron chi connectivity index (χ4n) is 1.99. The molecule has 104 valence electrons. The van der Waals surface area contributed by atoms with Gasteiger partial charge in [-0.15, -0.1) is 0 Å². The number of rotatable bonds is 3. The minimum absolute atomic E-state index is 0.118. The van der Waals surface area contributed by atoms with Gasteiger partial charge in [-0.3, -0.25) is 4.79 Å². The molecule has 2 aromatic carbocycles. The SMILES string of the molecule is CC(=O)Oc1oc(-c2ccccc2)nc1-c1ccccc1. The predicted molar refractivity (Wildman–Crippen MR) is 78.7 cm³/mol. The molecule has 3 aromatic rings. The standard InChI is InChI=1S/C17H13NO3/c1-12(19)20-17-15(13-8-4-2-5-9-13)18-16(21-17)14-10-6-3-7-11-14/h2-11H,1H3. The van der Waals surface area contributed by atoms with Gasteiger partial charge in [-0.05, 0) is 12.1 Å². The largest absolute Gasteiger partial charge is 0.405 e. The molecule has 21 heavy (non-hydrogen) atoms. The van der Waals surface area contributed by atoms with Gasteiger partial charge in [-0.1, -0.05) is 48.5 Å². The topological polar surface area (TPSA) is 52.3 Å². The van der Waals surface area contributed by atoms with E-state index in [1.807, 2.05) is 60.7 Å². The molecule has 0 amide bonds. The van der Waals surface area contributed by atoms with Crippen LogP contribution in [0, 0.1) is 0 Å². The number of nitrogens with zero attached hydrogens (tertiary/aromatic N) is 1. The van der Waals surface area contributed by atoms with E-state index in [4.69, 9.17) is 9.15 Å². The Morgan fingerprint density at radius 2 is 1.52 bits per heavy atom. The second-order valence-electron chi connectivity index (χ2n) is 4.48. The fraction of sp³-hybridized carbons (Fsp3) is 0.0588. The molecule has 0 aliphatic heterocycles. The molecule has 0 saturated carbocycles. The van der Waals surface area contributed by atoms with Gasteiger partial charge in [0, 0.05) is 18.1 Å². The quantitative estimate of drug-likeness (QED) is 0.681. The molecule has 4 heteroatoms. The van der Waals surface area contributed by atoms with Crippen LogP contribution in [0.4, 0.5) is 0 Å². The number of hydrogen-bond donors (Lipinski definition) is 0. The van der Waals surface area contributed by atoms with Crippen molar-refractivity contribution in [3.63, 3.8) is 0 Å². The van der Waals surface area contributed by atoms with Gasteiger partial charge in [0.15, 0.2) is 5.69 Å². The molecule has 0 bridgehead atoms. The first-order chi connectivity index (χ1) is 10.2. The summed E-state index contributed by atoms with van der Waals surface area (Å²) in [6, 6.07) is 19.0. The normalized spacial score (nSPS) is 10.3. The molecule has 1 aromatic heterocycles. The molecule has 0 fully saturated rings. The lowest BCUT2D eigenvalue weighted by Crippen LogP contribution is -2.01. The van der Waals surface area contributed by atoms with E-state index in [1.165, 1.54) is 6.92 Å². The Morgan fingerprint density at radius 1 is 0.952 bits per heavy atom. The monoisotopic (exact) mass is 279 g/mol. The predicted octanol–water partition coefficient (Wildman–Crippen LogP) is 3.93. The highest BCUT2D eigenvalue weighted by Crippen LogP contribution is 2.34. The van der Waals surface area contributed by atoms with Crippen molar-refractivity contribution in [2.24, 2.45) is 0 Å². The van der Waals surface area contributed by atoms with Crippen molar-refractivity contribution in [1.82, 2.24) is 4.98 Å². The summed E-state index contributed by atoms with van der Waals surface area (Å²) in [4.78, 5) is 15.7. The van der Waals surface area contributed by atoms with Gasteiger partial charge in [0.1, 0.15) is 0 Å². The lowest BCUT2D eigenvalue weighted by atomic mass is 10.2. The molecule has 1 heterocycles. The first-order valence-corrected chi connectivity index (χ1v) is 6.54. The van der Waals surface area contributed by atoms with E-state index in [1.54, 1.807) is 0 Å². The van der Waals surface area contributed by atoms with Crippen molar-refractivity contribution in [3.8, 4) is 28.7 Å². The minimum Gasteiger partial charge on any atom is -0.405 e. The van der Waals surface area contributed by atoms with Crippen LogP contribution in [-0.4, -0.2) is 11.0 Å². The van der Waals surface area contributed by atoms with Crippen LogP contribution < -0.4 is 4.74 Å². The lowest BCUT2D eigenvalue weighted by molar-refractivity contribution is -0.132. The highest BCUT2D eigenvalue weighted by Gasteiger charge is 2.18. The summed E-state index contributed by atoms with van der Waals surface area (Å²) >= 11 is 0. The van der Waals surface area contributed by atoms with Crippen LogP contribution in [0.5, 0.6) is 5.95 Å². The second kappa shape index (κ2) is 5.63. The van der Waals surface area contributed by atoms with E-state index in [-0.39, 0.29) is 5.95 Å². The molecule has 3 rings (SSSR count). The Bertz CT molecular complexity index is 748. The van der Waals surface area contributed by atoms with Crippen molar-refractivity contribution >= 4 is 5.97 Å². The van der Waals surface area contributed by atoms with Crippen LogP contribution in [0.2, 0.25) is 0 Å². The van der Waals surface area contributed by atoms with Gasteiger partial charge in [-0.2, -0.15) is 0 Å². The number of benzene rings is 2. The Morgan fingerprint density at radius 3 is 2.10 bits per heavy atom. The average molecular weight is 279 g/mol. The third-order valence-corrected chi connectivity index (χ3v) is 2.90. The number of ether oxygens (including phenoxy) is 1. The summed E-state index contributed by atoms with van der Waals surface area (Å²) < 4.78 is 10.7. The summed E-state index contributed by atoms with van der Waals surface area (Å²) in [6.07, 6.45) is 0. The molecule has 0 N–H and O–H groups in total. The van der Waals surface area contributed by atoms with Crippen LogP contribution in [0.25, 0.3) is 22.7 Å². The number of esters is 1. The molecule has 0 saturated heterocycles. The summed E-state index contributed by atoms with van der Waals surface area (Å²) in [5.74, 6) is 0.0983. The highest BCUT2D eigenvalue weighted by molar-refractivity contribution is 5.74. The molecule has 0 aliphatic rings. The Kier molecular flexibility index (Phi) is 3.51.